The van der Waals surface area contributed by atoms with Gasteiger partial charge in [0.25, 0.3) is 0 Å². The van der Waals surface area contributed by atoms with Crippen molar-refractivity contribution in [1.29, 1.82) is 0 Å². The number of amides is 1. The van der Waals surface area contributed by atoms with Gasteiger partial charge in [-0.3, -0.25) is 0 Å². The Balaban J connectivity index is 2.35. The lowest BCUT2D eigenvalue weighted by molar-refractivity contribution is 0.0501. The second-order valence-corrected chi connectivity index (χ2v) is 8.77. The molecule has 0 radical (unpaired) electrons. The van der Waals surface area contributed by atoms with Gasteiger partial charge in [0.2, 0.25) is 0 Å². The van der Waals surface area contributed by atoms with Gasteiger partial charge in [-0.1, -0.05) is 20.8 Å². The van der Waals surface area contributed by atoms with E-state index in [4.69, 9.17) is 4.74 Å². The van der Waals surface area contributed by atoms with E-state index in [1.165, 1.54) is 12.2 Å². The molecule has 124 valence electrons. The SMILES string of the molecule is CCC(CNC1CSCC(C)(C)C1)NC(=O)OC(C)(C)C. The van der Waals surface area contributed by atoms with Crippen LogP contribution in [-0.2, 0) is 4.74 Å². The van der Waals surface area contributed by atoms with Crippen LogP contribution in [0.5, 0.6) is 0 Å². The van der Waals surface area contributed by atoms with Crippen LogP contribution in [0.1, 0.15) is 54.4 Å². The lowest BCUT2D eigenvalue weighted by Crippen LogP contribution is -2.48. The summed E-state index contributed by atoms with van der Waals surface area (Å²) in [6.07, 6.45) is 1.77. The van der Waals surface area contributed by atoms with E-state index in [1.807, 2.05) is 32.5 Å². The van der Waals surface area contributed by atoms with Gasteiger partial charge in [0.05, 0.1) is 0 Å². The average molecular weight is 317 g/mol. The predicted octanol–water partition coefficient (Wildman–Crippen LogP) is 3.41. The molecular formula is C16H32N2O2S. The standard InChI is InChI=1S/C16H32N2O2S/c1-7-12(18-14(19)20-15(2,3)4)9-17-13-8-16(5,6)11-21-10-13/h12-13,17H,7-11H2,1-6H3,(H,18,19). The van der Waals surface area contributed by atoms with Gasteiger partial charge in [0, 0.05) is 24.4 Å². The van der Waals surface area contributed by atoms with Gasteiger partial charge in [-0.2, -0.15) is 11.8 Å². The van der Waals surface area contributed by atoms with Crippen molar-refractivity contribution >= 4 is 17.9 Å². The van der Waals surface area contributed by atoms with Gasteiger partial charge in [0.1, 0.15) is 5.60 Å². The van der Waals surface area contributed by atoms with Crippen LogP contribution in [0.2, 0.25) is 0 Å². The number of rotatable bonds is 5. The minimum absolute atomic E-state index is 0.120. The van der Waals surface area contributed by atoms with E-state index in [-0.39, 0.29) is 12.1 Å². The monoisotopic (exact) mass is 316 g/mol. The molecule has 0 spiro atoms. The highest BCUT2D eigenvalue weighted by Crippen LogP contribution is 2.33. The zero-order valence-corrected chi connectivity index (χ0v) is 15.2. The largest absolute Gasteiger partial charge is 0.444 e. The first-order valence-electron chi connectivity index (χ1n) is 7.92. The minimum Gasteiger partial charge on any atom is -0.444 e. The van der Waals surface area contributed by atoms with Crippen LogP contribution in [0.15, 0.2) is 0 Å². The summed E-state index contributed by atoms with van der Waals surface area (Å²) in [7, 11) is 0. The van der Waals surface area contributed by atoms with E-state index in [9.17, 15) is 4.79 Å². The number of thioether (sulfide) groups is 1. The van der Waals surface area contributed by atoms with Gasteiger partial charge >= 0.3 is 6.09 Å². The maximum Gasteiger partial charge on any atom is 0.407 e. The Bertz CT molecular complexity index is 340. The molecule has 0 aromatic heterocycles. The van der Waals surface area contributed by atoms with E-state index >= 15 is 0 Å². The van der Waals surface area contributed by atoms with E-state index in [0.717, 1.165) is 18.7 Å². The Kier molecular flexibility index (Phi) is 6.85. The van der Waals surface area contributed by atoms with Gasteiger partial charge in [-0.25, -0.2) is 4.79 Å². The van der Waals surface area contributed by atoms with Gasteiger partial charge in [0.15, 0.2) is 0 Å². The maximum atomic E-state index is 11.8. The van der Waals surface area contributed by atoms with Crippen LogP contribution >= 0.6 is 11.8 Å². The number of hydrogen-bond acceptors (Lipinski definition) is 4. The van der Waals surface area contributed by atoms with Crippen molar-refractivity contribution in [2.45, 2.75) is 72.1 Å². The fourth-order valence-electron chi connectivity index (χ4n) is 2.47. The summed E-state index contributed by atoms with van der Waals surface area (Å²) in [6, 6.07) is 0.656. The molecule has 1 amide bonds. The molecule has 0 bridgehead atoms. The van der Waals surface area contributed by atoms with Crippen molar-refractivity contribution in [2.75, 3.05) is 18.1 Å². The summed E-state index contributed by atoms with van der Waals surface area (Å²) in [5.41, 5.74) is -0.0409. The summed E-state index contributed by atoms with van der Waals surface area (Å²) in [5.74, 6) is 2.39. The van der Waals surface area contributed by atoms with Crippen molar-refractivity contribution in [2.24, 2.45) is 5.41 Å². The lowest BCUT2D eigenvalue weighted by Gasteiger charge is -2.36. The molecule has 2 N–H and O–H groups in total. The quantitative estimate of drug-likeness (QED) is 0.816. The van der Waals surface area contributed by atoms with Crippen LogP contribution in [-0.4, -0.2) is 41.8 Å². The lowest BCUT2D eigenvalue weighted by atomic mass is 9.88. The van der Waals surface area contributed by atoms with Gasteiger partial charge < -0.3 is 15.4 Å². The molecule has 1 fully saturated rings. The molecule has 0 aromatic rings. The molecule has 5 heteroatoms. The highest BCUT2D eigenvalue weighted by Gasteiger charge is 2.28. The third kappa shape index (κ3) is 7.96. The smallest absolute Gasteiger partial charge is 0.407 e. The van der Waals surface area contributed by atoms with Crippen molar-refractivity contribution in [3.63, 3.8) is 0 Å². The van der Waals surface area contributed by atoms with Crippen molar-refractivity contribution in [3.8, 4) is 0 Å². The van der Waals surface area contributed by atoms with Crippen molar-refractivity contribution in [1.82, 2.24) is 10.6 Å². The fraction of sp³-hybridized carbons (Fsp3) is 0.938. The highest BCUT2D eigenvalue weighted by molar-refractivity contribution is 7.99. The van der Waals surface area contributed by atoms with Crippen LogP contribution in [0.3, 0.4) is 0 Å². The summed E-state index contributed by atoms with van der Waals surface area (Å²) in [6.45, 7) is 13.2. The topological polar surface area (TPSA) is 50.4 Å². The average Bonchev–Trinajstić information content (AvgIpc) is 2.31. The van der Waals surface area contributed by atoms with E-state index in [1.54, 1.807) is 0 Å². The van der Waals surface area contributed by atoms with Gasteiger partial charge in [-0.15, -0.1) is 0 Å². The fourth-order valence-corrected chi connectivity index (χ4v) is 3.78. The first-order valence-corrected chi connectivity index (χ1v) is 9.07. The van der Waals surface area contributed by atoms with Crippen LogP contribution in [0.4, 0.5) is 4.79 Å². The number of carbonyl (C=O) groups is 1. The number of hydrogen-bond donors (Lipinski definition) is 2. The maximum absolute atomic E-state index is 11.8. The summed E-state index contributed by atoms with van der Waals surface area (Å²) >= 11 is 2.02. The number of ether oxygens (including phenoxy) is 1. The minimum atomic E-state index is -0.445. The summed E-state index contributed by atoms with van der Waals surface area (Å²) in [5, 5.41) is 6.56. The molecule has 2 unspecified atom stereocenters. The van der Waals surface area contributed by atoms with E-state index < -0.39 is 5.60 Å². The second-order valence-electron chi connectivity index (χ2n) is 7.74. The Morgan fingerprint density at radius 3 is 2.62 bits per heavy atom. The first-order chi connectivity index (χ1) is 9.61. The number of nitrogens with one attached hydrogen (secondary N) is 2. The van der Waals surface area contributed by atoms with Crippen molar-refractivity contribution in [3.05, 3.63) is 0 Å². The molecule has 1 heterocycles. The Hall–Kier alpha value is -0.420. The molecule has 1 rings (SSSR count). The Morgan fingerprint density at radius 2 is 2.10 bits per heavy atom. The zero-order chi connectivity index (χ0) is 16.1. The van der Waals surface area contributed by atoms with Gasteiger partial charge in [-0.05, 0) is 44.8 Å². The van der Waals surface area contributed by atoms with Crippen LogP contribution in [0.25, 0.3) is 0 Å². The summed E-state index contributed by atoms with van der Waals surface area (Å²) in [4.78, 5) is 11.8. The molecule has 0 aliphatic carbocycles. The molecule has 1 saturated heterocycles. The van der Waals surface area contributed by atoms with Crippen LogP contribution < -0.4 is 10.6 Å². The van der Waals surface area contributed by atoms with Crippen molar-refractivity contribution < 1.29 is 9.53 Å². The van der Waals surface area contributed by atoms with E-state index in [2.05, 4.69) is 31.4 Å². The zero-order valence-electron chi connectivity index (χ0n) is 14.4. The van der Waals surface area contributed by atoms with E-state index in [0.29, 0.717) is 11.5 Å². The Morgan fingerprint density at radius 1 is 1.43 bits per heavy atom. The third-order valence-corrected chi connectivity index (χ3v) is 5.10. The molecule has 0 aromatic carbocycles. The first kappa shape index (κ1) is 18.6. The molecule has 0 saturated carbocycles. The summed E-state index contributed by atoms with van der Waals surface area (Å²) < 4.78 is 5.31. The number of carbonyl (C=O) groups excluding carboxylic acids is 1. The number of alkyl carbamates (subject to hydrolysis) is 1. The molecular weight excluding hydrogens is 284 g/mol. The predicted molar refractivity (Wildman–Crippen MR) is 91.0 cm³/mol. The molecule has 1 aliphatic heterocycles. The second kappa shape index (κ2) is 7.73. The van der Waals surface area contributed by atoms with Crippen LogP contribution in [0, 0.1) is 5.41 Å². The molecule has 21 heavy (non-hydrogen) atoms. The third-order valence-electron chi connectivity index (χ3n) is 3.48. The Labute approximate surface area is 134 Å². The molecule has 1 aliphatic rings. The highest BCUT2D eigenvalue weighted by atomic mass is 32.2. The molecule has 4 nitrogen and oxygen atoms in total. The molecule has 2 atom stereocenters. The normalized spacial score (nSPS) is 23.4.